The lowest BCUT2D eigenvalue weighted by atomic mass is 9.98. The third-order valence-corrected chi connectivity index (χ3v) is 4.22. The second-order valence-corrected chi connectivity index (χ2v) is 6.06. The Morgan fingerprint density at radius 3 is 3.05 bits per heavy atom. The summed E-state index contributed by atoms with van der Waals surface area (Å²) in [6.45, 7) is 3.22. The summed E-state index contributed by atoms with van der Waals surface area (Å²) in [6.07, 6.45) is 2.49. The third kappa shape index (κ3) is 3.08. The van der Waals surface area contributed by atoms with E-state index in [4.69, 9.17) is 0 Å². The zero-order chi connectivity index (χ0) is 14.8. The first-order valence-corrected chi connectivity index (χ1v) is 7.52. The van der Waals surface area contributed by atoms with Crippen molar-refractivity contribution < 1.29 is 0 Å². The van der Waals surface area contributed by atoms with Crippen molar-refractivity contribution in [2.75, 3.05) is 38.6 Å². The number of hydrogen-bond donors (Lipinski definition) is 1. The Morgan fingerprint density at radius 1 is 1.43 bits per heavy atom. The van der Waals surface area contributed by atoms with Gasteiger partial charge in [0.25, 0.3) is 5.56 Å². The largest absolute Gasteiger partial charge is 0.345 e. The molecule has 3 rings (SSSR count). The molecular formula is C16H22N4O. The van der Waals surface area contributed by atoms with Crippen LogP contribution in [0.3, 0.4) is 0 Å². The summed E-state index contributed by atoms with van der Waals surface area (Å²) in [5, 5.41) is 0.645. The van der Waals surface area contributed by atoms with Crippen molar-refractivity contribution in [2.24, 2.45) is 5.92 Å². The molecule has 5 nitrogen and oxygen atoms in total. The number of benzene rings is 1. The first kappa shape index (κ1) is 14.1. The molecule has 2 heterocycles. The fourth-order valence-electron chi connectivity index (χ4n) is 3.15. The van der Waals surface area contributed by atoms with Gasteiger partial charge in [-0.1, -0.05) is 12.1 Å². The van der Waals surface area contributed by atoms with E-state index in [0.717, 1.165) is 18.6 Å². The van der Waals surface area contributed by atoms with Gasteiger partial charge in [0, 0.05) is 20.1 Å². The number of rotatable bonds is 3. The Morgan fingerprint density at radius 2 is 2.24 bits per heavy atom. The van der Waals surface area contributed by atoms with Gasteiger partial charge < -0.3 is 9.80 Å². The van der Waals surface area contributed by atoms with Gasteiger partial charge in [0.1, 0.15) is 0 Å². The molecule has 1 unspecified atom stereocenters. The van der Waals surface area contributed by atoms with Crippen molar-refractivity contribution in [1.82, 2.24) is 14.9 Å². The maximum Gasteiger partial charge on any atom is 0.260 e. The third-order valence-electron chi connectivity index (χ3n) is 4.22. The van der Waals surface area contributed by atoms with E-state index in [1.165, 1.54) is 19.4 Å². The van der Waals surface area contributed by atoms with E-state index in [2.05, 4.69) is 26.8 Å². The van der Waals surface area contributed by atoms with Crippen LogP contribution < -0.4 is 10.5 Å². The number of likely N-dealkylation sites (tertiary alicyclic amines) is 1. The molecule has 0 spiro atoms. The number of piperidine rings is 1. The summed E-state index contributed by atoms with van der Waals surface area (Å²) in [5.74, 6) is 1.29. The van der Waals surface area contributed by atoms with Gasteiger partial charge in [0.2, 0.25) is 5.95 Å². The number of nitrogens with zero attached hydrogens (tertiary/aromatic N) is 3. The van der Waals surface area contributed by atoms with Crippen molar-refractivity contribution in [1.29, 1.82) is 0 Å². The highest BCUT2D eigenvalue weighted by Crippen LogP contribution is 2.18. The van der Waals surface area contributed by atoms with E-state index in [9.17, 15) is 4.79 Å². The fraction of sp³-hybridized carbons (Fsp3) is 0.500. The molecule has 1 aliphatic heterocycles. The lowest BCUT2D eigenvalue weighted by Gasteiger charge is -2.32. The van der Waals surface area contributed by atoms with Crippen LogP contribution in [0.4, 0.5) is 5.95 Å². The summed E-state index contributed by atoms with van der Waals surface area (Å²) in [4.78, 5) is 24.0. The number of nitrogens with one attached hydrogen (secondary N) is 1. The summed E-state index contributed by atoms with van der Waals surface area (Å²) in [5.41, 5.74) is 0.687. The van der Waals surface area contributed by atoms with Crippen molar-refractivity contribution in [3.63, 3.8) is 0 Å². The monoisotopic (exact) mass is 286 g/mol. The molecule has 0 aliphatic carbocycles. The Bertz CT molecular complexity index is 681. The number of H-pyrrole nitrogens is 1. The van der Waals surface area contributed by atoms with E-state index < -0.39 is 0 Å². The van der Waals surface area contributed by atoms with Crippen LogP contribution in [0.5, 0.6) is 0 Å². The first-order chi connectivity index (χ1) is 10.1. The zero-order valence-corrected chi connectivity index (χ0v) is 12.7. The molecule has 1 aromatic carbocycles. The SMILES string of the molecule is CN1CCCC(CN(C)c2nc3ccccc3c(=O)[nH]2)C1. The number of anilines is 1. The second kappa shape index (κ2) is 5.85. The smallest absolute Gasteiger partial charge is 0.260 e. The zero-order valence-electron chi connectivity index (χ0n) is 12.7. The average Bonchev–Trinajstić information content (AvgIpc) is 2.47. The normalized spacial score (nSPS) is 19.8. The van der Waals surface area contributed by atoms with Gasteiger partial charge in [-0.05, 0) is 44.5 Å². The Kier molecular flexibility index (Phi) is 3.92. The van der Waals surface area contributed by atoms with Gasteiger partial charge in [0.15, 0.2) is 0 Å². The number of aromatic nitrogens is 2. The van der Waals surface area contributed by atoms with Crippen LogP contribution >= 0.6 is 0 Å². The van der Waals surface area contributed by atoms with Crippen molar-refractivity contribution in [3.8, 4) is 0 Å². The van der Waals surface area contributed by atoms with Gasteiger partial charge in [-0.25, -0.2) is 4.98 Å². The summed E-state index contributed by atoms with van der Waals surface area (Å²) >= 11 is 0. The van der Waals surface area contributed by atoms with Gasteiger partial charge in [0.05, 0.1) is 10.9 Å². The van der Waals surface area contributed by atoms with Crippen LogP contribution in [0.15, 0.2) is 29.1 Å². The highest BCUT2D eigenvalue weighted by Gasteiger charge is 2.19. The summed E-state index contributed by atoms with van der Waals surface area (Å²) in [7, 11) is 4.17. The standard InChI is InChI=1S/C16H22N4O/c1-19-9-5-6-12(10-19)11-20(2)16-17-14-8-4-3-7-13(14)15(21)18-16/h3-4,7-8,12H,5-6,9-11H2,1-2H3,(H,17,18,21). The minimum absolute atomic E-state index is 0.0665. The molecule has 1 saturated heterocycles. The van der Waals surface area contributed by atoms with Crippen LogP contribution in [-0.2, 0) is 0 Å². The molecule has 112 valence electrons. The van der Waals surface area contributed by atoms with E-state index >= 15 is 0 Å². The Balaban J connectivity index is 1.81. The van der Waals surface area contributed by atoms with Gasteiger partial charge in [-0.15, -0.1) is 0 Å². The average molecular weight is 286 g/mol. The predicted molar refractivity (Wildman–Crippen MR) is 85.9 cm³/mol. The molecule has 0 radical (unpaired) electrons. The van der Waals surface area contributed by atoms with Gasteiger partial charge in [-0.3, -0.25) is 9.78 Å². The molecule has 1 N–H and O–H groups in total. The van der Waals surface area contributed by atoms with Crippen LogP contribution in [0.2, 0.25) is 0 Å². The molecule has 1 aliphatic rings. The molecule has 1 aromatic heterocycles. The number of para-hydroxylation sites is 1. The van der Waals surface area contributed by atoms with Crippen molar-refractivity contribution >= 4 is 16.9 Å². The summed E-state index contributed by atoms with van der Waals surface area (Å²) < 4.78 is 0. The lowest BCUT2D eigenvalue weighted by molar-refractivity contribution is 0.213. The lowest BCUT2D eigenvalue weighted by Crippen LogP contribution is -2.38. The topological polar surface area (TPSA) is 52.2 Å². The minimum atomic E-state index is -0.0665. The Labute approximate surface area is 124 Å². The van der Waals surface area contributed by atoms with E-state index in [-0.39, 0.29) is 5.56 Å². The quantitative estimate of drug-likeness (QED) is 0.933. The predicted octanol–water partition coefficient (Wildman–Crippen LogP) is 1.70. The first-order valence-electron chi connectivity index (χ1n) is 7.52. The molecule has 0 bridgehead atoms. The maximum absolute atomic E-state index is 12.1. The van der Waals surface area contributed by atoms with Crippen molar-refractivity contribution in [3.05, 3.63) is 34.6 Å². The highest BCUT2D eigenvalue weighted by molar-refractivity contribution is 5.78. The van der Waals surface area contributed by atoms with Crippen LogP contribution in [-0.4, -0.2) is 48.6 Å². The second-order valence-electron chi connectivity index (χ2n) is 6.06. The minimum Gasteiger partial charge on any atom is -0.345 e. The van der Waals surface area contributed by atoms with Crippen LogP contribution in [0.25, 0.3) is 10.9 Å². The molecule has 21 heavy (non-hydrogen) atoms. The van der Waals surface area contributed by atoms with Crippen molar-refractivity contribution in [2.45, 2.75) is 12.8 Å². The van der Waals surface area contributed by atoms with Crippen LogP contribution in [0.1, 0.15) is 12.8 Å². The van der Waals surface area contributed by atoms with Gasteiger partial charge in [-0.2, -0.15) is 0 Å². The van der Waals surface area contributed by atoms with E-state index in [1.54, 1.807) is 6.07 Å². The molecular weight excluding hydrogens is 264 g/mol. The maximum atomic E-state index is 12.1. The molecule has 5 heteroatoms. The molecule has 1 atom stereocenters. The number of fused-ring (bicyclic) bond motifs is 1. The molecule has 0 amide bonds. The van der Waals surface area contributed by atoms with E-state index in [1.807, 2.05) is 25.2 Å². The van der Waals surface area contributed by atoms with Gasteiger partial charge >= 0.3 is 0 Å². The highest BCUT2D eigenvalue weighted by atomic mass is 16.1. The molecule has 2 aromatic rings. The Hall–Kier alpha value is -1.88. The number of hydrogen-bond acceptors (Lipinski definition) is 4. The molecule has 1 fully saturated rings. The fourth-order valence-corrected chi connectivity index (χ4v) is 3.15. The van der Waals surface area contributed by atoms with Crippen LogP contribution in [0, 0.1) is 5.92 Å². The number of aromatic amines is 1. The van der Waals surface area contributed by atoms with E-state index in [0.29, 0.717) is 17.3 Å². The summed E-state index contributed by atoms with van der Waals surface area (Å²) in [6, 6.07) is 7.46. The molecule has 0 saturated carbocycles.